The zero-order chi connectivity index (χ0) is 11.3. The molecule has 0 saturated carbocycles. The lowest BCUT2D eigenvalue weighted by atomic mass is 9.95. The van der Waals surface area contributed by atoms with E-state index in [0.29, 0.717) is 12.3 Å². The van der Waals surface area contributed by atoms with Crippen molar-refractivity contribution in [1.82, 2.24) is 5.32 Å². The fourth-order valence-electron chi connectivity index (χ4n) is 1.88. The van der Waals surface area contributed by atoms with Crippen molar-refractivity contribution in [1.29, 1.82) is 0 Å². The first kappa shape index (κ1) is 12.5. The number of piperidine rings is 1. The lowest BCUT2D eigenvalue weighted by molar-refractivity contribution is -0.155. The Morgan fingerprint density at radius 3 is 2.73 bits per heavy atom. The fraction of sp³-hybridized carbons (Fsp3) is 0.917. The van der Waals surface area contributed by atoms with E-state index in [-0.39, 0.29) is 11.6 Å². The minimum Gasteiger partial charge on any atom is -0.460 e. The van der Waals surface area contributed by atoms with Crippen molar-refractivity contribution < 1.29 is 9.53 Å². The van der Waals surface area contributed by atoms with Crippen molar-refractivity contribution in [2.24, 2.45) is 5.92 Å². The van der Waals surface area contributed by atoms with Gasteiger partial charge in [0.05, 0.1) is 0 Å². The molecule has 3 heteroatoms. The number of hydrogen-bond acceptors (Lipinski definition) is 3. The monoisotopic (exact) mass is 213 g/mol. The molecular formula is C12H23NO2. The average molecular weight is 213 g/mol. The summed E-state index contributed by atoms with van der Waals surface area (Å²) in [6.07, 6.45) is 4.00. The summed E-state index contributed by atoms with van der Waals surface area (Å²) in [5.41, 5.74) is -0.345. The zero-order valence-electron chi connectivity index (χ0n) is 10.1. The van der Waals surface area contributed by atoms with Crippen LogP contribution in [0.2, 0.25) is 0 Å². The van der Waals surface area contributed by atoms with Crippen molar-refractivity contribution in [3.8, 4) is 0 Å². The summed E-state index contributed by atoms with van der Waals surface area (Å²) in [6, 6.07) is 0. The molecule has 0 aromatic carbocycles. The number of rotatable bonds is 3. The van der Waals surface area contributed by atoms with Crippen molar-refractivity contribution in [3.63, 3.8) is 0 Å². The second-order valence-electron chi connectivity index (χ2n) is 5.34. The number of ether oxygens (including phenoxy) is 1. The number of esters is 1. The van der Waals surface area contributed by atoms with Gasteiger partial charge >= 0.3 is 5.97 Å². The van der Waals surface area contributed by atoms with Crippen LogP contribution in [0, 0.1) is 5.92 Å². The maximum atomic E-state index is 11.5. The summed E-state index contributed by atoms with van der Waals surface area (Å²) < 4.78 is 5.27. The molecule has 88 valence electrons. The first-order valence-corrected chi connectivity index (χ1v) is 5.90. The Hall–Kier alpha value is -0.570. The van der Waals surface area contributed by atoms with Crippen LogP contribution in [0.3, 0.4) is 0 Å². The summed E-state index contributed by atoms with van der Waals surface area (Å²) in [6.45, 7) is 7.92. The molecule has 0 unspecified atom stereocenters. The third-order valence-electron chi connectivity index (χ3n) is 2.58. The Morgan fingerprint density at radius 2 is 2.20 bits per heavy atom. The van der Waals surface area contributed by atoms with Crippen LogP contribution in [0.25, 0.3) is 0 Å². The highest BCUT2D eigenvalue weighted by Crippen LogP contribution is 2.17. The normalized spacial score (nSPS) is 22.5. The fourth-order valence-corrected chi connectivity index (χ4v) is 1.88. The lowest BCUT2D eigenvalue weighted by Gasteiger charge is -2.23. The first-order valence-electron chi connectivity index (χ1n) is 5.90. The van der Waals surface area contributed by atoms with E-state index < -0.39 is 0 Å². The standard InChI is InChI=1S/C12H23NO2/c1-12(2,3)15-11(14)7-6-10-5-4-8-13-9-10/h10,13H,4-9H2,1-3H3/t10-/m1/s1. The maximum Gasteiger partial charge on any atom is 0.306 e. The van der Waals surface area contributed by atoms with Gasteiger partial charge in [-0.15, -0.1) is 0 Å². The molecule has 0 spiro atoms. The van der Waals surface area contributed by atoms with E-state index in [1.54, 1.807) is 0 Å². The maximum absolute atomic E-state index is 11.5. The molecule has 3 nitrogen and oxygen atoms in total. The van der Waals surface area contributed by atoms with Crippen LogP contribution in [0.1, 0.15) is 46.5 Å². The highest BCUT2D eigenvalue weighted by Gasteiger charge is 2.18. The van der Waals surface area contributed by atoms with Gasteiger partial charge in [0.2, 0.25) is 0 Å². The Balaban J connectivity index is 2.15. The summed E-state index contributed by atoms with van der Waals surface area (Å²) in [5.74, 6) is 0.597. The molecule has 0 aromatic heterocycles. The molecule has 0 aliphatic carbocycles. The van der Waals surface area contributed by atoms with Crippen molar-refractivity contribution in [2.45, 2.75) is 52.1 Å². The minimum absolute atomic E-state index is 0.0620. The average Bonchev–Trinajstić information content (AvgIpc) is 2.14. The molecule has 1 N–H and O–H groups in total. The molecule has 1 aliphatic rings. The number of carbonyl (C=O) groups is 1. The van der Waals surface area contributed by atoms with Crippen LogP contribution in [-0.4, -0.2) is 24.7 Å². The topological polar surface area (TPSA) is 38.3 Å². The third-order valence-corrected chi connectivity index (χ3v) is 2.58. The predicted octanol–water partition coefficient (Wildman–Crippen LogP) is 2.11. The highest BCUT2D eigenvalue weighted by atomic mass is 16.6. The SMILES string of the molecule is CC(C)(C)OC(=O)CC[C@H]1CCCNC1. The van der Waals surface area contributed by atoms with Crippen LogP contribution < -0.4 is 5.32 Å². The summed E-state index contributed by atoms with van der Waals surface area (Å²) in [4.78, 5) is 11.5. The minimum atomic E-state index is -0.345. The highest BCUT2D eigenvalue weighted by molar-refractivity contribution is 5.69. The van der Waals surface area contributed by atoms with E-state index in [2.05, 4.69) is 5.32 Å². The van der Waals surface area contributed by atoms with E-state index in [1.165, 1.54) is 12.8 Å². The molecule has 0 amide bonds. The molecular weight excluding hydrogens is 190 g/mol. The second kappa shape index (κ2) is 5.50. The molecule has 1 atom stereocenters. The molecule has 0 aromatic rings. The number of hydrogen-bond donors (Lipinski definition) is 1. The van der Waals surface area contributed by atoms with Crippen molar-refractivity contribution >= 4 is 5.97 Å². The molecule has 1 aliphatic heterocycles. The second-order valence-corrected chi connectivity index (χ2v) is 5.34. The molecule has 1 fully saturated rings. The first-order chi connectivity index (χ1) is 6.97. The van der Waals surface area contributed by atoms with E-state index in [0.717, 1.165) is 19.5 Å². The quantitative estimate of drug-likeness (QED) is 0.730. The van der Waals surface area contributed by atoms with Crippen LogP contribution >= 0.6 is 0 Å². The predicted molar refractivity (Wildman–Crippen MR) is 60.7 cm³/mol. The lowest BCUT2D eigenvalue weighted by Crippen LogP contribution is -2.30. The molecule has 0 radical (unpaired) electrons. The van der Waals surface area contributed by atoms with Crippen molar-refractivity contribution in [3.05, 3.63) is 0 Å². The van der Waals surface area contributed by atoms with Gasteiger partial charge in [-0.25, -0.2) is 0 Å². The largest absolute Gasteiger partial charge is 0.460 e. The molecule has 1 rings (SSSR count). The molecule has 1 saturated heterocycles. The van der Waals surface area contributed by atoms with E-state index in [4.69, 9.17) is 4.74 Å². The smallest absolute Gasteiger partial charge is 0.306 e. The molecule has 0 bridgehead atoms. The van der Waals surface area contributed by atoms with E-state index >= 15 is 0 Å². The zero-order valence-corrected chi connectivity index (χ0v) is 10.1. The summed E-state index contributed by atoms with van der Waals surface area (Å²) >= 11 is 0. The van der Waals surface area contributed by atoms with Gasteiger partial charge < -0.3 is 10.1 Å². The van der Waals surface area contributed by atoms with Gasteiger partial charge in [0.1, 0.15) is 5.60 Å². The molecule has 1 heterocycles. The third kappa shape index (κ3) is 5.78. The Bertz CT molecular complexity index is 202. The van der Waals surface area contributed by atoms with E-state index in [9.17, 15) is 4.79 Å². The van der Waals surface area contributed by atoms with Crippen LogP contribution in [-0.2, 0) is 9.53 Å². The van der Waals surface area contributed by atoms with Gasteiger partial charge in [0.25, 0.3) is 0 Å². The number of nitrogens with one attached hydrogen (secondary N) is 1. The van der Waals surface area contributed by atoms with Crippen LogP contribution in [0.4, 0.5) is 0 Å². The Kier molecular flexibility index (Phi) is 4.58. The summed E-state index contributed by atoms with van der Waals surface area (Å²) in [5, 5.41) is 3.35. The van der Waals surface area contributed by atoms with E-state index in [1.807, 2.05) is 20.8 Å². The van der Waals surface area contributed by atoms with Crippen LogP contribution in [0.15, 0.2) is 0 Å². The Morgan fingerprint density at radius 1 is 1.47 bits per heavy atom. The van der Waals surface area contributed by atoms with Gasteiger partial charge in [-0.2, -0.15) is 0 Å². The van der Waals surface area contributed by atoms with Crippen LogP contribution in [0.5, 0.6) is 0 Å². The van der Waals surface area contributed by atoms with Gasteiger partial charge in [0.15, 0.2) is 0 Å². The Labute approximate surface area is 92.6 Å². The van der Waals surface area contributed by atoms with Gasteiger partial charge in [0, 0.05) is 6.42 Å². The van der Waals surface area contributed by atoms with Crippen molar-refractivity contribution in [2.75, 3.05) is 13.1 Å². The molecule has 15 heavy (non-hydrogen) atoms. The summed E-state index contributed by atoms with van der Waals surface area (Å²) in [7, 11) is 0. The van der Waals surface area contributed by atoms with Gasteiger partial charge in [-0.1, -0.05) is 0 Å². The van der Waals surface area contributed by atoms with Gasteiger partial charge in [-0.05, 0) is 59.0 Å². The number of carbonyl (C=O) groups excluding carboxylic acids is 1. The van der Waals surface area contributed by atoms with Gasteiger partial charge in [-0.3, -0.25) is 4.79 Å².